The molecule has 4 rings (SSSR count). The first-order valence-electron chi connectivity index (χ1n) is 9.90. The second-order valence-electron chi connectivity index (χ2n) is 7.09. The number of carboxylic acid groups (broad SMARTS) is 1. The lowest BCUT2D eigenvalue weighted by Crippen LogP contribution is -2.25. The monoisotopic (exact) mass is 420 g/mol. The van der Waals surface area contributed by atoms with Gasteiger partial charge in [-0.15, -0.1) is 0 Å². The van der Waals surface area contributed by atoms with Crippen LogP contribution in [-0.4, -0.2) is 28.3 Å². The number of ether oxygens (including phenoxy) is 1. The van der Waals surface area contributed by atoms with Gasteiger partial charge in [-0.05, 0) is 41.5 Å². The zero-order chi connectivity index (χ0) is 22.0. The van der Waals surface area contributed by atoms with Crippen LogP contribution in [0.1, 0.15) is 28.5 Å². The van der Waals surface area contributed by atoms with E-state index in [1.165, 1.54) is 12.1 Å². The maximum absolute atomic E-state index is 14.0. The van der Waals surface area contributed by atoms with E-state index < -0.39 is 17.9 Å². The van der Waals surface area contributed by atoms with Crippen molar-refractivity contribution in [1.82, 2.24) is 9.88 Å². The molecule has 158 valence electrons. The fourth-order valence-corrected chi connectivity index (χ4v) is 3.93. The number of aromatic carboxylic acids is 1. The molecule has 0 saturated carbocycles. The number of alkyl carbamates (subject to hydrolysis) is 1. The molecule has 0 aliphatic heterocycles. The predicted octanol–water partition coefficient (Wildman–Crippen LogP) is 4.93. The van der Waals surface area contributed by atoms with Gasteiger partial charge in [0, 0.05) is 29.6 Å². The van der Waals surface area contributed by atoms with E-state index in [0.29, 0.717) is 16.5 Å². The van der Waals surface area contributed by atoms with E-state index in [-0.39, 0.29) is 25.4 Å². The molecule has 4 aromatic rings. The number of hydrogen-bond donors (Lipinski definition) is 2. The molecule has 0 spiro atoms. The number of nitrogens with zero attached hydrogens (tertiary/aromatic N) is 1. The minimum Gasteiger partial charge on any atom is -0.477 e. The molecule has 0 unspecified atom stereocenters. The number of carbonyl (C=O) groups excluding carboxylic acids is 1. The normalized spacial score (nSPS) is 11.0. The number of carbonyl (C=O) groups is 2. The van der Waals surface area contributed by atoms with E-state index in [0.717, 1.165) is 16.3 Å². The average molecular weight is 420 g/mol. The Balaban J connectivity index is 1.87. The second kappa shape index (κ2) is 8.47. The number of hydrogen-bond acceptors (Lipinski definition) is 3. The van der Waals surface area contributed by atoms with Crippen molar-refractivity contribution in [2.45, 2.75) is 20.0 Å². The highest BCUT2D eigenvalue weighted by atomic mass is 19.1. The van der Waals surface area contributed by atoms with Gasteiger partial charge in [-0.1, -0.05) is 42.5 Å². The molecule has 0 fully saturated rings. The number of rotatable bonds is 6. The summed E-state index contributed by atoms with van der Waals surface area (Å²) in [6.07, 6.45) is -0.662. The summed E-state index contributed by atoms with van der Waals surface area (Å²) in [5, 5.41) is 15.1. The molecule has 3 aromatic carbocycles. The summed E-state index contributed by atoms with van der Waals surface area (Å²) in [5.74, 6) is -1.64. The standard InChI is InChI=1S/C24H21FN2O4/c1-2-31-24(30)26-13-20-19-12-17(25)10-11-21(19)27(22(20)23(28)29)14-16-8-5-7-15-6-3-4-9-18(15)16/h3-12H,2,13-14H2,1H3,(H,26,30)(H,28,29). The average Bonchev–Trinajstić information content (AvgIpc) is 3.05. The lowest BCUT2D eigenvalue weighted by atomic mass is 10.0. The molecule has 6 nitrogen and oxygen atoms in total. The summed E-state index contributed by atoms with van der Waals surface area (Å²) in [7, 11) is 0. The maximum atomic E-state index is 14.0. The van der Waals surface area contributed by atoms with Gasteiger partial charge in [0.25, 0.3) is 0 Å². The van der Waals surface area contributed by atoms with Crippen molar-refractivity contribution in [3.63, 3.8) is 0 Å². The van der Waals surface area contributed by atoms with Crippen LogP contribution in [0.3, 0.4) is 0 Å². The third kappa shape index (κ3) is 3.94. The third-order valence-corrected chi connectivity index (χ3v) is 5.23. The molecular weight excluding hydrogens is 399 g/mol. The highest BCUT2D eigenvalue weighted by molar-refractivity contribution is 5.99. The molecule has 1 heterocycles. The minimum atomic E-state index is -1.16. The van der Waals surface area contributed by atoms with Crippen molar-refractivity contribution < 1.29 is 23.8 Å². The Morgan fingerprint density at radius 2 is 1.84 bits per heavy atom. The first kappa shape index (κ1) is 20.4. The summed E-state index contributed by atoms with van der Waals surface area (Å²) in [4.78, 5) is 24.0. The van der Waals surface area contributed by atoms with Gasteiger partial charge < -0.3 is 19.7 Å². The Morgan fingerprint density at radius 3 is 2.61 bits per heavy atom. The zero-order valence-electron chi connectivity index (χ0n) is 16.9. The lowest BCUT2D eigenvalue weighted by Gasteiger charge is -2.12. The van der Waals surface area contributed by atoms with Crippen LogP contribution >= 0.6 is 0 Å². The van der Waals surface area contributed by atoms with Crippen LogP contribution in [0.4, 0.5) is 9.18 Å². The summed E-state index contributed by atoms with van der Waals surface area (Å²) in [6, 6.07) is 17.9. The highest BCUT2D eigenvalue weighted by Gasteiger charge is 2.24. The Hall–Kier alpha value is -3.87. The van der Waals surface area contributed by atoms with Gasteiger partial charge >= 0.3 is 12.1 Å². The molecule has 0 saturated heterocycles. The Labute approximate surface area is 177 Å². The van der Waals surface area contributed by atoms with Crippen molar-refractivity contribution in [3.8, 4) is 0 Å². The molecular formula is C24H21FN2O4. The smallest absolute Gasteiger partial charge is 0.407 e. The van der Waals surface area contributed by atoms with E-state index in [1.807, 2.05) is 42.5 Å². The van der Waals surface area contributed by atoms with Crippen molar-refractivity contribution in [2.24, 2.45) is 0 Å². The van der Waals surface area contributed by atoms with Crippen LogP contribution in [0.25, 0.3) is 21.7 Å². The summed E-state index contributed by atoms with van der Waals surface area (Å²) in [5.41, 5.74) is 1.85. The number of amides is 1. The van der Waals surface area contributed by atoms with E-state index in [1.54, 1.807) is 17.6 Å². The van der Waals surface area contributed by atoms with Crippen LogP contribution < -0.4 is 5.32 Å². The van der Waals surface area contributed by atoms with Gasteiger partial charge in [-0.2, -0.15) is 0 Å². The van der Waals surface area contributed by atoms with Gasteiger partial charge in [-0.25, -0.2) is 14.0 Å². The number of fused-ring (bicyclic) bond motifs is 2. The summed E-state index contributed by atoms with van der Waals surface area (Å²) < 4.78 is 20.6. The van der Waals surface area contributed by atoms with E-state index in [2.05, 4.69) is 5.32 Å². The molecule has 0 radical (unpaired) electrons. The Morgan fingerprint density at radius 1 is 1.06 bits per heavy atom. The van der Waals surface area contributed by atoms with Crippen molar-refractivity contribution >= 4 is 33.7 Å². The van der Waals surface area contributed by atoms with Gasteiger partial charge in [0.2, 0.25) is 0 Å². The van der Waals surface area contributed by atoms with E-state index in [4.69, 9.17) is 4.74 Å². The number of carboxylic acids is 1. The van der Waals surface area contributed by atoms with Gasteiger partial charge in [0.15, 0.2) is 0 Å². The largest absolute Gasteiger partial charge is 0.477 e. The number of nitrogens with one attached hydrogen (secondary N) is 1. The molecule has 0 atom stereocenters. The number of benzene rings is 3. The molecule has 31 heavy (non-hydrogen) atoms. The predicted molar refractivity (Wildman–Crippen MR) is 116 cm³/mol. The molecule has 1 amide bonds. The van der Waals surface area contributed by atoms with Crippen molar-refractivity contribution in [1.29, 1.82) is 0 Å². The van der Waals surface area contributed by atoms with E-state index in [9.17, 15) is 19.1 Å². The minimum absolute atomic E-state index is 0.00494. The second-order valence-corrected chi connectivity index (χ2v) is 7.09. The van der Waals surface area contributed by atoms with Crippen LogP contribution in [0.5, 0.6) is 0 Å². The molecule has 0 bridgehead atoms. The molecule has 0 aliphatic carbocycles. The quantitative estimate of drug-likeness (QED) is 0.464. The number of halogens is 1. The highest BCUT2D eigenvalue weighted by Crippen LogP contribution is 2.30. The SMILES string of the molecule is CCOC(=O)NCc1c(C(=O)O)n(Cc2cccc3ccccc23)c2ccc(F)cc12. The molecule has 1 aromatic heterocycles. The molecule has 2 N–H and O–H groups in total. The maximum Gasteiger partial charge on any atom is 0.407 e. The van der Waals surface area contributed by atoms with Crippen molar-refractivity contribution in [2.75, 3.05) is 6.61 Å². The summed E-state index contributed by atoms with van der Waals surface area (Å²) in [6.45, 7) is 2.05. The zero-order valence-corrected chi connectivity index (χ0v) is 16.9. The fraction of sp³-hybridized carbons (Fsp3) is 0.167. The van der Waals surface area contributed by atoms with Gasteiger partial charge in [0.05, 0.1) is 6.61 Å². The molecule has 0 aliphatic rings. The number of aromatic nitrogens is 1. The lowest BCUT2D eigenvalue weighted by molar-refractivity contribution is 0.0684. The van der Waals surface area contributed by atoms with Crippen LogP contribution in [-0.2, 0) is 17.8 Å². The van der Waals surface area contributed by atoms with Crippen LogP contribution in [0.2, 0.25) is 0 Å². The van der Waals surface area contributed by atoms with Crippen molar-refractivity contribution in [3.05, 3.63) is 83.3 Å². The fourth-order valence-electron chi connectivity index (χ4n) is 3.93. The molecule has 7 heteroatoms. The van der Waals surface area contributed by atoms with Gasteiger partial charge in [0.1, 0.15) is 11.5 Å². The topological polar surface area (TPSA) is 80.6 Å². The summed E-state index contributed by atoms with van der Waals surface area (Å²) >= 11 is 0. The van der Waals surface area contributed by atoms with Gasteiger partial charge in [-0.3, -0.25) is 0 Å². The van der Waals surface area contributed by atoms with Crippen LogP contribution in [0.15, 0.2) is 60.7 Å². The van der Waals surface area contributed by atoms with Crippen LogP contribution in [0, 0.1) is 5.82 Å². The third-order valence-electron chi connectivity index (χ3n) is 5.23. The van der Waals surface area contributed by atoms with E-state index >= 15 is 0 Å². The Bertz CT molecular complexity index is 1290. The first-order valence-corrected chi connectivity index (χ1v) is 9.90. The Kier molecular flexibility index (Phi) is 5.58. The first-order chi connectivity index (χ1) is 15.0.